The Balaban J connectivity index is 2.43. The van der Waals surface area contributed by atoms with Crippen LogP contribution in [-0.2, 0) is 11.8 Å². The Labute approximate surface area is 128 Å². The van der Waals surface area contributed by atoms with Crippen LogP contribution in [0, 0.1) is 12.7 Å². The fraction of sp³-hybridized carbons (Fsp3) is 0.294. The molecular formula is C17H18ClFO2. The van der Waals surface area contributed by atoms with Gasteiger partial charge in [0.05, 0.1) is 13.2 Å². The van der Waals surface area contributed by atoms with E-state index in [1.807, 2.05) is 31.2 Å². The first-order valence-electron chi connectivity index (χ1n) is 6.73. The molecule has 0 bridgehead atoms. The first kappa shape index (κ1) is 16.0. The minimum atomic E-state index is -0.916. The summed E-state index contributed by atoms with van der Waals surface area (Å²) in [7, 11) is 0. The van der Waals surface area contributed by atoms with Gasteiger partial charge in [0.25, 0.3) is 0 Å². The summed E-state index contributed by atoms with van der Waals surface area (Å²) < 4.78 is 14.0. The maximum Gasteiger partial charge on any atom is 0.127 e. The van der Waals surface area contributed by atoms with Crippen LogP contribution in [0.15, 0.2) is 42.5 Å². The van der Waals surface area contributed by atoms with Crippen LogP contribution in [0.2, 0.25) is 5.02 Å². The fourth-order valence-corrected chi connectivity index (χ4v) is 2.61. The Morgan fingerprint density at radius 1 is 1.10 bits per heavy atom. The van der Waals surface area contributed by atoms with E-state index in [0.29, 0.717) is 10.6 Å². The zero-order valence-corrected chi connectivity index (χ0v) is 12.6. The summed E-state index contributed by atoms with van der Waals surface area (Å²) in [6.45, 7) is 1.40. The van der Waals surface area contributed by atoms with Crippen molar-refractivity contribution in [3.05, 3.63) is 70.0 Å². The van der Waals surface area contributed by atoms with Crippen LogP contribution in [0.4, 0.5) is 4.39 Å². The minimum Gasteiger partial charge on any atom is -0.395 e. The third-order valence-electron chi connectivity index (χ3n) is 3.78. The SMILES string of the molecule is Cc1cccc(C(CO)(CO)Cc2ccc(Cl)cc2F)c1. The average Bonchev–Trinajstić information content (AvgIpc) is 2.47. The van der Waals surface area contributed by atoms with E-state index in [4.69, 9.17) is 11.6 Å². The molecule has 2 aromatic carbocycles. The number of aryl methyl sites for hydroxylation is 1. The Bertz CT molecular complexity index is 624. The Morgan fingerprint density at radius 2 is 1.81 bits per heavy atom. The summed E-state index contributed by atoms with van der Waals surface area (Å²) in [6, 6.07) is 12.0. The van der Waals surface area contributed by atoms with Gasteiger partial charge in [0.1, 0.15) is 5.82 Å². The summed E-state index contributed by atoms with van der Waals surface area (Å²) in [5.74, 6) is -0.429. The quantitative estimate of drug-likeness (QED) is 0.890. The lowest BCUT2D eigenvalue weighted by Crippen LogP contribution is -2.37. The van der Waals surface area contributed by atoms with Crippen molar-refractivity contribution in [1.82, 2.24) is 0 Å². The predicted molar refractivity (Wildman–Crippen MR) is 82.1 cm³/mol. The first-order chi connectivity index (χ1) is 10.0. The van der Waals surface area contributed by atoms with Gasteiger partial charge in [-0.2, -0.15) is 0 Å². The van der Waals surface area contributed by atoms with Gasteiger partial charge in [-0.1, -0.05) is 47.5 Å². The molecule has 0 saturated heterocycles. The van der Waals surface area contributed by atoms with Crippen LogP contribution < -0.4 is 0 Å². The van der Waals surface area contributed by atoms with Crippen LogP contribution in [0.1, 0.15) is 16.7 Å². The van der Waals surface area contributed by atoms with Gasteiger partial charge in [-0.05, 0) is 36.6 Å². The molecule has 21 heavy (non-hydrogen) atoms. The molecule has 0 aromatic heterocycles. The number of hydrogen-bond acceptors (Lipinski definition) is 2. The molecule has 0 amide bonds. The van der Waals surface area contributed by atoms with E-state index in [0.717, 1.165) is 11.1 Å². The molecule has 0 heterocycles. The molecule has 0 aliphatic heterocycles. The van der Waals surface area contributed by atoms with Crippen LogP contribution in [0.5, 0.6) is 0 Å². The summed E-state index contributed by atoms with van der Waals surface area (Å²) in [6.07, 6.45) is 0.201. The van der Waals surface area contributed by atoms with Gasteiger partial charge in [0, 0.05) is 10.4 Å². The monoisotopic (exact) mass is 308 g/mol. The molecule has 0 unspecified atom stereocenters. The zero-order valence-electron chi connectivity index (χ0n) is 11.8. The molecule has 0 atom stereocenters. The van der Waals surface area contributed by atoms with Crippen molar-refractivity contribution in [3.8, 4) is 0 Å². The second-order valence-electron chi connectivity index (χ2n) is 5.38. The van der Waals surface area contributed by atoms with Crippen molar-refractivity contribution in [2.75, 3.05) is 13.2 Å². The van der Waals surface area contributed by atoms with Gasteiger partial charge in [0.15, 0.2) is 0 Å². The third kappa shape index (κ3) is 3.43. The van der Waals surface area contributed by atoms with E-state index >= 15 is 0 Å². The predicted octanol–water partition coefficient (Wildman–Crippen LogP) is 3.25. The molecule has 0 aliphatic carbocycles. The molecule has 0 aliphatic rings. The molecule has 0 saturated carbocycles. The number of hydrogen-bond donors (Lipinski definition) is 2. The summed E-state index contributed by atoms with van der Waals surface area (Å²) in [5, 5.41) is 20.0. The van der Waals surface area contributed by atoms with Crippen LogP contribution in [0.25, 0.3) is 0 Å². The number of halogens is 2. The highest BCUT2D eigenvalue weighted by atomic mass is 35.5. The minimum absolute atomic E-state index is 0.201. The van der Waals surface area contributed by atoms with E-state index < -0.39 is 11.2 Å². The average molecular weight is 309 g/mol. The highest BCUT2D eigenvalue weighted by Crippen LogP contribution is 2.30. The third-order valence-corrected chi connectivity index (χ3v) is 4.01. The summed E-state index contributed by atoms with van der Waals surface area (Å²) >= 11 is 5.75. The molecule has 0 fully saturated rings. The van der Waals surface area contributed by atoms with Crippen molar-refractivity contribution in [2.24, 2.45) is 0 Å². The molecule has 2 aromatic rings. The lowest BCUT2D eigenvalue weighted by molar-refractivity contribution is 0.115. The second kappa shape index (κ2) is 6.56. The van der Waals surface area contributed by atoms with Gasteiger partial charge in [-0.15, -0.1) is 0 Å². The molecule has 4 heteroatoms. The van der Waals surface area contributed by atoms with Crippen molar-refractivity contribution in [3.63, 3.8) is 0 Å². The van der Waals surface area contributed by atoms with Crippen LogP contribution in [0.3, 0.4) is 0 Å². The van der Waals surface area contributed by atoms with E-state index in [1.54, 1.807) is 12.1 Å². The largest absolute Gasteiger partial charge is 0.395 e. The number of benzene rings is 2. The van der Waals surface area contributed by atoms with Crippen LogP contribution >= 0.6 is 11.6 Å². The molecule has 112 valence electrons. The normalized spacial score (nSPS) is 11.7. The smallest absolute Gasteiger partial charge is 0.127 e. The Kier molecular flexibility index (Phi) is 4.99. The Hall–Kier alpha value is -1.42. The number of aliphatic hydroxyl groups is 2. The molecule has 2 nitrogen and oxygen atoms in total. The maximum atomic E-state index is 14.0. The van der Waals surface area contributed by atoms with Crippen LogP contribution in [-0.4, -0.2) is 23.4 Å². The van der Waals surface area contributed by atoms with Crippen molar-refractivity contribution in [1.29, 1.82) is 0 Å². The van der Waals surface area contributed by atoms with E-state index in [2.05, 4.69) is 0 Å². The lowest BCUT2D eigenvalue weighted by Gasteiger charge is -2.31. The molecular weight excluding hydrogens is 291 g/mol. The number of rotatable bonds is 5. The van der Waals surface area contributed by atoms with Gasteiger partial charge in [-0.25, -0.2) is 4.39 Å². The molecule has 2 rings (SSSR count). The highest BCUT2D eigenvalue weighted by Gasteiger charge is 2.32. The Morgan fingerprint density at radius 3 is 2.38 bits per heavy atom. The standard InChI is InChI=1S/C17H18ClFO2/c1-12-3-2-4-14(7-12)17(10-20,11-21)9-13-5-6-15(18)8-16(13)19/h2-8,20-21H,9-11H2,1H3. The molecule has 2 N–H and O–H groups in total. The summed E-state index contributed by atoms with van der Waals surface area (Å²) in [5.41, 5.74) is 1.32. The molecule has 0 spiro atoms. The van der Waals surface area contributed by atoms with E-state index in [-0.39, 0.29) is 19.6 Å². The summed E-state index contributed by atoms with van der Waals surface area (Å²) in [4.78, 5) is 0. The van der Waals surface area contributed by atoms with Crippen molar-refractivity contribution >= 4 is 11.6 Å². The van der Waals surface area contributed by atoms with E-state index in [9.17, 15) is 14.6 Å². The lowest BCUT2D eigenvalue weighted by atomic mass is 9.76. The second-order valence-corrected chi connectivity index (χ2v) is 5.81. The van der Waals surface area contributed by atoms with Gasteiger partial charge < -0.3 is 10.2 Å². The zero-order chi connectivity index (χ0) is 15.5. The van der Waals surface area contributed by atoms with E-state index in [1.165, 1.54) is 6.07 Å². The van der Waals surface area contributed by atoms with Gasteiger partial charge in [0.2, 0.25) is 0 Å². The maximum absolute atomic E-state index is 14.0. The number of aliphatic hydroxyl groups excluding tert-OH is 2. The molecule has 0 radical (unpaired) electrons. The van der Waals surface area contributed by atoms with Gasteiger partial charge in [-0.3, -0.25) is 0 Å². The topological polar surface area (TPSA) is 40.5 Å². The highest BCUT2D eigenvalue weighted by molar-refractivity contribution is 6.30. The first-order valence-corrected chi connectivity index (χ1v) is 7.11. The van der Waals surface area contributed by atoms with Gasteiger partial charge >= 0.3 is 0 Å². The van der Waals surface area contributed by atoms with Crippen molar-refractivity contribution < 1.29 is 14.6 Å². The fourth-order valence-electron chi connectivity index (χ4n) is 2.45. The van der Waals surface area contributed by atoms with Crippen molar-refractivity contribution in [2.45, 2.75) is 18.8 Å².